The van der Waals surface area contributed by atoms with E-state index in [-0.39, 0.29) is 23.4 Å². The number of terminal acetylenes is 1. The lowest BCUT2D eigenvalue weighted by molar-refractivity contribution is 0.0735. The zero-order chi connectivity index (χ0) is 21.8. The van der Waals surface area contributed by atoms with Gasteiger partial charge in [0.25, 0.3) is 5.91 Å². The monoisotopic (exact) mass is 440 g/mol. The molecule has 1 atom stereocenters. The van der Waals surface area contributed by atoms with Gasteiger partial charge in [0, 0.05) is 18.5 Å². The second-order valence-electron chi connectivity index (χ2n) is 7.47. The van der Waals surface area contributed by atoms with E-state index >= 15 is 0 Å². The Morgan fingerprint density at radius 1 is 1.10 bits per heavy atom. The van der Waals surface area contributed by atoms with Crippen LogP contribution >= 0.6 is 0 Å². The molecular weight excluding hydrogens is 416 g/mol. The van der Waals surface area contributed by atoms with Crippen LogP contribution < -0.4 is 14.2 Å². The summed E-state index contributed by atoms with van der Waals surface area (Å²) in [7, 11) is -3.69. The lowest BCUT2D eigenvalue weighted by Crippen LogP contribution is -2.30. The number of nitrogens with zero attached hydrogens (tertiary/aromatic N) is 1. The van der Waals surface area contributed by atoms with Crippen LogP contribution in [0.1, 0.15) is 41.2 Å². The Balaban J connectivity index is 1.53. The SMILES string of the molecule is C#CCNS(=O)(=O)c1ccc(C(=O)N2CCC[C@@H]2c2ccc3c(c2)OCCCO3)cc1. The van der Waals surface area contributed by atoms with Crippen molar-refractivity contribution >= 4 is 15.9 Å². The Hall–Kier alpha value is -3.02. The van der Waals surface area contributed by atoms with Gasteiger partial charge in [-0.05, 0) is 54.8 Å². The minimum Gasteiger partial charge on any atom is -0.490 e. The fraction of sp³-hybridized carbons (Fsp3) is 0.348. The van der Waals surface area contributed by atoms with Gasteiger partial charge in [0.05, 0.1) is 30.7 Å². The van der Waals surface area contributed by atoms with E-state index in [0.29, 0.717) is 31.1 Å². The van der Waals surface area contributed by atoms with Crippen molar-refractivity contribution in [2.24, 2.45) is 0 Å². The molecule has 2 aliphatic heterocycles. The summed E-state index contributed by atoms with van der Waals surface area (Å²) in [5.41, 5.74) is 1.45. The molecular formula is C23H24N2O5S. The number of benzene rings is 2. The standard InChI is InChI=1S/C23H24N2O5S/c1-2-12-24-31(27,28)19-9-6-17(7-10-19)23(26)25-13-3-5-20(25)18-8-11-21-22(16-18)30-15-4-14-29-21/h1,6-11,16,20,24H,3-5,12-15H2/t20-/m1/s1. The molecule has 7 nitrogen and oxygen atoms in total. The molecule has 0 unspecified atom stereocenters. The number of sulfonamides is 1. The van der Waals surface area contributed by atoms with Gasteiger partial charge in [0.1, 0.15) is 0 Å². The van der Waals surface area contributed by atoms with E-state index in [9.17, 15) is 13.2 Å². The molecule has 1 fully saturated rings. The van der Waals surface area contributed by atoms with Gasteiger partial charge in [0.2, 0.25) is 10.0 Å². The van der Waals surface area contributed by atoms with Crippen LogP contribution in [0.5, 0.6) is 11.5 Å². The van der Waals surface area contributed by atoms with E-state index in [0.717, 1.165) is 30.6 Å². The molecule has 2 heterocycles. The number of ether oxygens (including phenoxy) is 2. The number of amides is 1. The van der Waals surface area contributed by atoms with Gasteiger partial charge in [-0.1, -0.05) is 12.0 Å². The van der Waals surface area contributed by atoms with E-state index in [1.54, 1.807) is 0 Å². The molecule has 2 aliphatic rings. The highest BCUT2D eigenvalue weighted by Crippen LogP contribution is 2.38. The lowest BCUT2D eigenvalue weighted by Gasteiger charge is -2.26. The van der Waals surface area contributed by atoms with Gasteiger partial charge in [-0.15, -0.1) is 6.42 Å². The average molecular weight is 441 g/mol. The molecule has 1 saturated heterocycles. The van der Waals surface area contributed by atoms with E-state index in [1.807, 2.05) is 23.1 Å². The van der Waals surface area contributed by atoms with Gasteiger partial charge in [-0.2, -0.15) is 4.72 Å². The van der Waals surface area contributed by atoms with Crippen molar-refractivity contribution in [1.82, 2.24) is 9.62 Å². The fourth-order valence-electron chi connectivity index (χ4n) is 3.91. The summed E-state index contributed by atoms with van der Waals surface area (Å²) in [6.07, 6.45) is 7.70. The number of hydrogen-bond acceptors (Lipinski definition) is 5. The lowest BCUT2D eigenvalue weighted by atomic mass is 10.0. The first kappa shape index (κ1) is 21.2. The minimum absolute atomic E-state index is 0.0645. The first-order valence-corrected chi connectivity index (χ1v) is 11.7. The van der Waals surface area contributed by atoms with Crippen LogP contribution in [0.2, 0.25) is 0 Å². The zero-order valence-electron chi connectivity index (χ0n) is 17.0. The number of nitrogens with one attached hydrogen (secondary N) is 1. The third-order valence-electron chi connectivity index (χ3n) is 5.45. The summed E-state index contributed by atoms with van der Waals surface area (Å²) in [5.74, 6) is 3.55. The molecule has 1 amide bonds. The highest BCUT2D eigenvalue weighted by atomic mass is 32.2. The summed E-state index contributed by atoms with van der Waals surface area (Å²) < 4.78 is 38.2. The third-order valence-corrected chi connectivity index (χ3v) is 6.86. The van der Waals surface area contributed by atoms with Crippen molar-refractivity contribution in [2.45, 2.75) is 30.2 Å². The number of hydrogen-bond donors (Lipinski definition) is 1. The Bertz CT molecular complexity index is 1110. The third kappa shape index (κ3) is 4.53. The number of carbonyl (C=O) groups is 1. The first-order chi connectivity index (χ1) is 15.0. The van der Waals surface area contributed by atoms with Gasteiger partial charge < -0.3 is 14.4 Å². The summed E-state index contributed by atoms with van der Waals surface area (Å²) >= 11 is 0. The smallest absolute Gasteiger partial charge is 0.254 e. The van der Waals surface area contributed by atoms with E-state index in [1.165, 1.54) is 24.3 Å². The van der Waals surface area contributed by atoms with E-state index < -0.39 is 10.0 Å². The number of rotatable bonds is 5. The molecule has 0 aliphatic carbocycles. The topological polar surface area (TPSA) is 84.9 Å². The molecule has 1 N–H and O–H groups in total. The number of fused-ring (bicyclic) bond motifs is 1. The molecule has 31 heavy (non-hydrogen) atoms. The summed E-state index contributed by atoms with van der Waals surface area (Å²) in [4.78, 5) is 15.1. The van der Waals surface area contributed by atoms with Crippen molar-refractivity contribution in [1.29, 1.82) is 0 Å². The number of carbonyl (C=O) groups excluding carboxylic acids is 1. The molecule has 2 aromatic rings. The highest BCUT2D eigenvalue weighted by Gasteiger charge is 2.31. The largest absolute Gasteiger partial charge is 0.490 e. The van der Waals surface area contributed by atoms with Crippen LogP contribution in [0.3, 0.4) is 0 Å². The van der Waals surface area contributed by atoms with Gasteiger partial charge in [-0.25, -0.2) is 8.42 Å². The van der Waals surface area contributed by atoms with Crippen LogP contribution in [-0.4, -0.2) is 45.5 Å². The maximum absolute atomic E-state index is 13.2. The Kier molecular flexibility index (Phi) is 6.16. The fourth-order valence-corrected chi connectivity index (χ4v) is 4.84. The van der Waals surface area contributed by atoms with Gasteiger partial charge >= 0.3 is 0 Å². The molecule has 0 aromatic heterocycles. The maximum Gasteiger partial charge on any atom is 0.254 e. The zero-order valence-corrected chi connectivity index (χ0v) is 17.9. The quantitative estimate of drug-likeness (QED) is 0.723. The van der Waals surface area contributed by atoms with Crippen molar-refractivity contribution in [2.75, 3.05) is 26.3 Å². The highest BCUT2D eigenvalue weighted by molar-refractivity contribution is 7.89. The molecule has 0 spiro atoms. The number of likely N-dealkylation sites (tertiary alicyclic amines) is 1. The van der Waals surface area contributed by atoms with Crippen LogP contribution in [0, 0.1) is 12.3 Å². The molecule has 0 bridgehead atoms. The van der Waals surface area contributed by atoms with Crippen molar-refractivity contribution in [3.63, 3.8) is 0 Å². The Morgan fingerprint density at radius 2 is 1.84 bits per heavy atom. The van der Waals surface area contributed by atoms with Gasteiger partial charge in [-0.3, -0.25) is 4.79 Å². The summed E-state index contributed by atoms with van der Waals surface area (Å²) in [5, 5.41) is 0. The predicted octanol–water partition coefficient (Wildman–Crippen LogP) is 2.74. The normalized spacial score (nSPS) is 18.3. The van der Waals surface area contributed by atoms with E-state index in [4.69, 9.17) is 15.9 Å². The maximum atomic E-state index is 13.2. The first-order valence-electron chi connectivity index (χ1n) is 10.2. The second kappa shape index (κ2) is 9.00. The van der Waals surface area contributed by atoms with Crippen molar-refractivity contribution < 1.29 is 22.7 Å². The predicted molar refractivity (Wildman–Crippen MR) is 116 cm³/mol. The molecule has 162 valence electrons. The Morgan fingerprint density at radius 3 is 2.58 bits per heavy atom. The Labute approximate surface area is 182 Å². The van der Waals surface area contributed by atoms with Gasteiger partial charge in [0.15, 0.2) is 11.5 Å². The van der Waals surface area contributed by atoms with Crippen molar-refractivity contribution in [3.8, 4) is 23.8 Å². The van der Waals surface area contributed by atoms with Crippen LogP contribution in [-0.2, 0) is 10.0 Å². The van der Waals surface area contributed by atoms with Crippen LogP contribution in [0.4, 0.5) is 0 Å². The van der Waals surface area contributed by atoms with Crippen molar-refractivity contribution in [3.05, 3.63) is 53.6 Å². The molecule has 8 heteroatoms. The van der Waals surface area contributed by atoms with Crippen LogP contribution in [0.15, 0.2) is 47.4 Å². The van der Waals surface area contributed by atoms with Crippen LogP contribution in [0.25, 0.3) is 0 Å². The molecule has 0 radical (unpaired) electrons. The summed E-state index contributed by atoms with van der Waals surface area (Å²) in [6, 6.07) is 11.7. The van der Waals surface area contributed by atoms with E-state index in [2.05, 4.69) is 10.6 Å². The molecule has 0 saturated carbocycles. The minimum atomic E-state index is -3.69. The second-order valence-corrected chi connectivity index (χ2v) is 9.23. The molecule has 4 rings (SSSR count). The summed E-state index contributed by atoms with van der Waals surface area (Å²) in [6.45, 7) is 1.79. The average Bonchev–Trinajstić information content (AvgIpc) is 3.16. The molecule has 2 aromatic carbocycles.